The van der Waals surface area contributed by atoms with Crippen LogP contribution in [0.25, 0.3) is 0 Å². The fourth-order valence-electron chi connectivity index (χ4n) is 3.51. The molecule has 0 spiro atoms. The van der Waals surface area contributed by atoms with Crippen LogP contribution in [0.2, 0.25) is 0 Å². The molecule has 2 atom stereocenters. The number of imidazole rings is 1. The number of aromatic nitrogens is 2. The summed E-state index contributed by atoms with van der Waals surface area (Å²) in [5.74, 6) is 0.897. The average molecular weight is 434 g/mol. The Bertz CT molecular complexity index is 846. The second kappa shape index (κ2) is 10.6. The van der Waals surface area contributed by atoms with Gasteiger partial charge >= 0.3 is 0 Å². The van der Waals surface area contributed by atoms with E-state index < -0.39 is 11.7 Å². The summed E-state index contributed by atoms with van der Waals surface area (Å²) < 4.78 is 16.1. The van der Waals surface area contributed by atoms with Crippen LogP contribution in [0.4, 0.5) is 0 Å². The first kappa shape index (κ1) is 23.0. The summed E-state index contributed by atoms with van der Waals surface area (Å²) >= 11 is 0. The summed E-state index contributed by atoms with van der Waals surface area (Å²) in [7, 11) is 3.20. The molecule has 1 aliphatic rings. The molecule has 2 heterocycles. The first-order valence-corrected chi connectivity index (χ1v) is 10.1. The monoisotopic (exact) mass is 434 g/mol. The second-order valence-electron chi connectivity index (χ2n) is 7.58. The van der Waals surface area contributed by atoms with E-state index in [1.807, 2.05) is 18.2 Å². The number of piperidine rings is 1. The average Bonchev–Trinajstić information content (AvgIpc) is 3.30. The number of aliphatic hydroxyl groups excluding tert-OH is 1. The molecular formula is C21H30N4O6. The van der Waals surface area contributed by atoms with Crippen LogP contribution in [0, 0.1) is 0 Å². The van der Waals surface area contributed by atoms with Crippen molar-refractivity contribution < 1.29 is 29.2 Å². The number of nitrogens with zero attached hydrogens (tertiary/aromatic N) is 2. The molecule has 0 bridgehead atoms. The van der Waals surface area contributed by atoms with Gasteiger partial charge in [-0.2, -0.15) is 0 Å². The number of rotatable bonds is 10. The molecule has 0 saturated carbocycles. The van der Waals surface area contributed by atoms with Crippen LogP contribution >= 0.6 is 0 Å². The SMILES string of the molecule is COCCOc1cc(CN2CC[C@@](O)(CNC(=O)c3cnc[nH]3)[C@H](O)C2)ccc1OC. The Labute approximate surface area is 181 Å². The first-order valence-electron chi connectivity index (χ1n) is 10.1. The highest BCUT2D eigenvalue weighted by atomic mass is 16.5. The number of ether oxygens (including phenoxy) is 3. The van der Waals surface area contributed by atoms with E-state index in [1.54, 1.807) is 14.2 Å². The second-order valence-corrected chi connectivity index (χ2v) is 7.58. The molecule has 2 aromatic rings. The largest absolute Gasteiger partial charge is 0.493 e. The fraction of sp³-hybridized carbons (Fsp3) is 0.524. The van der Waals surface area contributed by atoms with Gasteiger partial charge in [0.1, 0.15) is 17.9 Å². The summed E-state index contributed by atoms with van der Waals surface area (Å²) in [6.07, 6.45) is 2.13. The molecule has 1 fully saturated rings. The number of aliphatic hydroxyl groups is 2. The highest BCUT2D eigenvalue weighted by Gasteiger charge is 2.40. The zero-order valence-electron chi connectivity index (χ0n) is 17.8. The van der Waals surface area contributed by atoms with Crippen molar-refractivity contribution in [2.75, 3.05) is 47.1 Å². The molecule has 1 aliphatic heterocycles. The number of carbonyl (C=O) groups is 1. The Hall–Kier alpha value is -2.66. The number of H-pyrrole nitrogens is 1. The van der Waals surface area contributed by atoms with E-state index in [2.05, 4.69) is 20.2 Å². The molecule has 0 radical (unpaired) electrons. The van der Waals surface area contributed by atoms with Crippen LogP contribution in [0.3, 0.4) is 0 Å². The summed E-state index contributed by atoms with van der Waals surface area (Å²) in [6.45, 7) is 2.27. The lowest BCUT2D eigenvalue weighted by Crippen LogP contribution is -2.60. The molecule has 0 aliphatic carbocycles. The van der Waals surface area contributed by atoms with E-state index >= 15 is 0 Å². The Morgan fingerprint density at radius 1 is 1.35 bits per heavy atom. The van der Waals surface area contributed by atoms with Gasteiger partial charge in [-0.15, -0.1) is 0 Å². The standard InChI is InChI=1S/C21H30N4O6/c1-29-7-8-31-18-9-15(3-4-17(18)30-2)11-25-6-5-21(28,19(26)12-25)13-23-20(27)16-10-22-14-24-16/h3-4,9-10,14,19,26,28H,5-8,11-13H2,1-2H3,(H,22,24)(H,23,27)/t19-,21-/m1/s1. The van der Waals surface area contributed by atoms with Crippen LogP contribution in [-0.2, 0) is 11.3 Å². The number of methoxy groups -OCH3 is 2. The molecule has 3 rings (SSSR count). The lowest BCUT2D eigenvalue weighted by Gasteiger charge is -2.42. The van der Waals surface area contributed by atoms with E-state index in [-0.39, 0.29) is 19.0 Å². The molecular weight excluding hydrogens is 404 g/mol. The Morgan fingerprint density at radius 2 is 2.19 bits per heavy atom. The molecule has 170 valence electrons. The van der Waals surface area contributed by atoms with Crippen molar-refractivity contribution in [1.29, 1.82) is 0 Å². The molecule has 31 heavy (non-hydrogen) atoms. The van der Waals surface area contributed by atoms with Gasteiger partial charge in [0.2, 0.25) is 0 Å². The van der Waals surface area contributed by atoms with E-state index in [9.17, 15) is 15.0 Å². The fourth-order valence-corrected chi connectivity index (χ4v) is 3.51. The van der Waals surface area contributed by atoms with Gasteiger partial charge in [0, 0.05) is 33.3 Å². The predicted molar refractivity (Wildman–Crippen MR) is 112 cm³/mol. The maximum Gasteiger partial charge on any atom is 0.269 e. The van der Waals surface area contributed by atoms with E-state index in [4.69, 9.17) is 14.2 Å². The molecule has 1 saturated heterocycles. The van der Waals surface area contributed by atoms with E-state index in [0.717, 1.165) is 5.56 Å². The maximum atomic E-state index is 12.1. The molecule has 1 aromatic heterocycles. The van der Waals surface area contributed by atoms with E-state index in [1.165, 1.54) is 12.5 Å². The van der Waals surface area contributed by atoms with Crippen LogP contribution < -0.4 is 14.8 Å². The number of aromatic amines is 1. The number of likely N-dealkylation sites (tertiary alicyclic amines) is 1. The number of nitrogens with one attached hydrogen (secondary N) is 2. The lowest BCUT2D eigenvalue weighted by atomic mass is 9.88. The van der Waals surface area contributed by atoms with Crippen molar-refractivity contribution in [2.24, 2.45) is 0 Å². The van der Waals surface area contributed by atoms with Crippen LogP contribution in [0.15, 0.2) is 30.7 Å². The smallest absolute Gasteiger partial charge is 0.269 e. The van der Waals surface area contributed by atoms with Gasteiger partial charge < -0.3 is 34.7 Å². The van der Waals surface area contributed by atoms with E-state index in [0.29, 0.717) is 49.9 Å². The predicted octanol–water partition coefficient (Wildman–Crippen LogP) is 0.171. The summed E-state index contributed by atoms with van der Waals surface area (Å²) in [5, 5.41) is 24.1. The minimum absolute atomic E-state index is 0.0418. The van der Waals surface area contributed by atoms with Gasteiger partial charge in [-0.3, -0.25) is 9.69 Å². The quantitative estimate of drug-likeness (QED) is 0.390. The molecule has 0 unspecified atom stereocenters. The maximum absolute atomic E-state index is 12.1. The summed E-state index contributed by atoms with van der Waals surface area (Å²) in [5.41, 5.74) is -0.0856. The molecule has 1 amide bonds. The summed E-state index contributed by atoms with van der Waals surface area (Å²) in [6, 6.07) is 5.70. The number of hydrogen-bond donors (Lipinski definition) is 4. The number of carbonyl (C=O) groups excluding carboxylic acids is 1. The number of benzene rings is 1. The van der Waals surface area contributed by atoms with Crippen molar-refractivity contribution >= 4 is 5.91 Å². The van der Waals surface area contributed by atoms with Crippen LogP contribution in [-0.4, -0.2) is 89.8 Å². The third-order valence-corrected chi connectivity index (χ3v) is 5.39. The summed E-state index contributed by atoms with van der Waals surface area (Å²) in [4.78, 5) is 20.6. The molecule has 10 nitrogen and oxygen atoms in total. The Morgan fingerprint density at radius 3 is 2.87 bits per heavy atom. The number of amides is 1. The normalized spacial score (nSPS) is 21.6. The lowest BCUT2D eigenvalue weighted by molar-refractivity contribution is -0.116. The molecule has 1 aromatic carbocycles. The highest BCUT2D eigenvalue weighted by molar-refractivity contribution is 5.91. The van der Waals surface area contributed by atoms with Crippen LogP contribution in [0.5, 0.6) is 11.5 Å². The van der Waals surface area contributed by atoms with Gasteiger partial charge in [0.15, 0.2) is 11.5 Å². The minimum atomic E-state index is -1.39. The van der Waals surface area contributed by atoms with Gasteiger partial charge in [0.05, 0.1) is 32.3 Å². The topological polar surface area (TPSA) is 129 Å². The number of hydrogen-bond acceptors (Lipinski definition) is 8. The molecule has 4 N–H and O–H groups in total. The number of β-amino-alcohol motifs (C(OH)–C–C–N with tert-alkyl or cyclic N) is 1. The third kappa shape index (κ3) is 5.95. The van der Waals surface area contributed by atoms with Crippen molar-refractivity contribution in [3.05, 3.63) is 42.0 Å². The Balaban J connectivity index is 1.55. The highest BCUT2D eigenvalue weighted by Crippen LogP contribution is 2.30. The zero-order chi connectivity index (χ0) is 22.3. The molecule has 10 heteroatoms. The minimum Gasteiger partial charge on any atom is -0.493 e. The zero-order valence-corrected chi connectivity index (χ0v) is 17.8. The van der Waals surface area contributed by atoms with Crippen LogP contribution in [0.1, 0.15) is 22.5 Å². The Kier molecular flexibility index (Phi) is 7.85. The third-order valence-electron chi connectivity index (χ3n) is 5.39. The van der Waals surface area contributed by atoms with Crippen molar-refractivity contribution in [3.63, 3.8) is 0 Å². The van der Waals surface area contributed by atoms with Gasteiger partial charge in [-0.1, -0.05) is 6.07 Å². The van der Waals surface area contributed by atoms with Crippen molar-refractivity contribution in [2.45, 2.75) is 24.7 Å². The van der Waals surface area contributed by atoms with Gasteiger partial charge in [0.25, 0.3) is 5.91 Å². The van der Waals surface area contributed by atoms with Crippen molar-refractivity contribution in [1.82, 2.24) is 20.2 Å². The van der Waals surface area contributed by atoms with Gasteiger partial charge in [-0.05, 0) is 24.1 Å². The van der Waals surface area contributed by atoms with Crippen molar-refractivity contribution in [3.8, 4) is 11.5 Å². The van der Waals surface area contributed by atoms with Gasteiger partial charge in [-0.25, -0.2) is 4.98 Å². The first-order chi connectivity index (χ1) is 14.9.